The van der Waals surface area contributed by atoms with Crippen molar-refractivity contribution in [3.05, 3.63) is 108 Å². The molecule has 0 unspecified atom stereocenters. The van der Waals surface area contributed by atoms with Gasteiger partial charge in [-0.25, -0.2) is 0 Å². The van der Waals surface area contributed by atoms with Crippen LogP contribution in [0.25, 0.3) is 0 Å². The minimum Gasteiger partial charge on any atom is -0.394 e. The lowest BCUT2D eigenvalue weighted by Gasteiger charge is -2.45. The molecule has 2 saturated heterocycles. The van der Waals surface area contributed by atoms with Crippen LogP contribution >= 0.6 is 0 Å². The van der Waals surface area contributed by atoms with Gasteiger partial charge in [-0.15, -0.1) is 0 Å². The highest BCUT2D eigenvalue weighted by atomic mass is 16.8. The average Bonchev–Trinajstić information content (AvgIpc) is 3.15. The van der Waals surface area contributed by atoms with E-state index >= 15 is 0 Å². The number of aliphatic hydroxyl groups excluding tert-OH is 2. The van der Waals surface area contributed by atoms with Crippen molar-refractivity contribution in [3.8, 4) is 0 Å². The Balaban J connectivity index is 1.41. The number of fused-ring (bicyclic) bond motifs is 2. The zero-order valence-electron chi connectivity index (χ0n) is 20.0. The molecule has 6 atom stereocenters. The molecule has 0 amide bonds. The smallest absolute Gasteiger partial charge is 0.187 e. The summed E-state index contributed by atoms with van der Waals surface area (Å²) in [5.74, 6) is 0. The molecule has 0 spiro atoms. The Morgan fingerprint density at radius 2 is 1.19 bits per heavy atom. The van der Waals surface area contributed by atoms with Crippen molar-refractivity contribution >= 4 is 0 Å². The number of rotatable bonds is 11. The monoisotopic (exact) mass is 492 g/mol. The summed E-state index contributed by atoms with van der Waals surface area (Å²) in [4.78, 5) is 0. The van der Waals surface area contributed by atoms with Crippen LogP contribution < -0.4 is 0 Å². The molecule has 2 aliphatic rings. The maximum absolute atomic E-state index is 11.2. The zero-order chi connectivity index (χ0) is 24.8. The summed E-state index contributed by atoms with van der Waals surface area (Å²) >= 11 is 0. The lowest BCUT2D eigenvalue weighted by atomic mass is 9.87. The standard InChI is InChI=1S/C29H32O7/c30-16-24-26(33-18-22-12-6-2-7-13-22)29(20-32-17-21-10-4-1-5-11-21)27(25(31)28(35-24)36-29)34-19-23-14-8-3-9-15-23/h1-15,24-28,30-31H,16-20H2/t24-,25-,26-,27-,28-,29+/m1/s1. The van der Waals surface area contributed by atoms with E-state index in [1.807, 2.05) is 91.0 Å². The highest BCUT2D eigenvalue weighted by Gasteiger charge is 2.66. The van der Waals surface area contributed by atoms with E-state index in [-0.39, 0.29) is 26.4 Å². The van der Waals surface area contributed by atoms with Crippen LogP contribution in [0.5, 0.6) is 0 Å². The molecule has 2 bridgehead atoms. The molecule has 7 heteroatoms. The fourth-order valence-electron chi connectivity index (χ4n) is 4.93. The van der Waals surface area contributed by atoms with E-state index in [2.05, 4.69) is 0 Å². The lowest BCUT2D eigenvalue weighted by molar-refractivity contribution is -0.329. The van der Waals surface area contributed by atoms with Gasteiger partial charge in [-0.2, -0.15) is 0 Å². The first-order chi connectivity index (χ1) is 17.7. The fraction of sp³-hybridized carbons (Fsp3) is 0.379. The number of benzene rings is 3. The van der Waals surface area contributed by atoms with Crippen molar-refractivity contribution in [2.75, 3.05) is 13.2 Å². The minimum absolute atomic E-state index is 0.0915. The van der Waals surface area contributed by atoms with Crippen LogP contribution in [0.15, 0.2) is 91.0 Å². The molecule has 0 saturated carbocycles. The molecule has 2 heterocycles. The summed E-state index contributed by atoms with van der Waals surface area (Å²) < 4.78 is 31.1. The third kappa shape index (κ3) is 5.38. The minimum atomic E-state index is -1.19. The first-order valence-electron chi connectivity index (χ1n) is 12.2. The third-order valence-electron chi connectivity index (χ3n) is 6.70. The van der Waals surface area contributed by atoms with Gasteiger partial charge in [0.15, 0.2) is 11.9 Å². The predicted molar refractivity (Wildman–Crippen MR) is 132 cm³/mol. The molecule has 2 N–H and O–H groups in total. The second-order valence-electron chi connectivity index (χ2n) is 9.20. The Labute approximate surface area is 211 Å². The highest BCUT2D eigenvalue weighted by molar-refractivity contribution is 5.17. The Morgan fingerprint density at radius 3 is 1.72 bits per heavy atom. The summed E-state index contributed by atoms with van der Waals surface area (Å²) in [5, 5.41) is 21.4. The van der Waals surface area contributed by atoms with E-state index in [1.54, 1.807) is 0 Å². The number of ether oxygens (including phenoxy) is 5. The number of hydrogen-bond donors (Lipinski definition) is 2. The van der Waals surface area contributed by atoms with E-state index in [0.717, 1.165) is 16.7 Å². The largest absolute Gasteiger partial charge is 0.394 e. The summed E-state index contributed by atoms with van der Waals surface area (Å²) in [7, 11) is 0. The molecule has 3 aromatic carbocycles. The quantitative estimate of drug-likeness (QED) is 0.425. The van der Waals surface area contributed by atoms with Crippen molar-refractivity contribution in [1.82, 2.24) is 0 Å². The van der Waals surface area contributed by atoms with Crippen LogP contribution in [0, 0.1) is 0 Å². The SMILES string of the molecule is OC[C@H]1O[C@@H]2O[C@](COCc3ccccc3)([C@H](OCc3ccccc3)[C@H]2O)[C@@H]1OCc1ccccc1. The molecule has 5 rings (SSSR count). The summed E-state index contributed by atoms with van der Waals surface area (Å²) in [6.07, 6.45) is -4.29. The van der Waals surface area contributed by atoms with Gasteiger partial charge < -0.3 is 33.9 Å². The lowest BCUT2D eigenvalue weighted by Crippen LogP contribution is -2.63. The van der Waals surface area contributed by atoms with Crippen molar-refractivity contribution in [1.29, 1.82) is 0 Å². The van der Waals surface area contributed by atoms with Gasteiger partial charge in [0, 0.05) is 0 Å². The summed E-state index contributed by atoms with van der Waals surface area (Å²) in [6, 6.07) is 29.3. The summed E-state index contributed by atoms with van der Waals surface area (Å²) in [5.41, 5.74) is 1.76. The Bertz CT molecular complexity index is 1060. The molecular formula is C29H32O7. The number of aliphatic hydroxyl groups is 2. The van der Waals surface area contributed by atoms with Crippen LogP contribution in [-0.4, -0.2) is 59.7 Å². The predicted octanol–water partition coefficient (Wildman–Crippen LogP) is 3.22. The van der Waals surface area contributed by atoms with E-state index in [9.17, 15) is 10.2 Å². The Morgan fingerprint density at radius 1 is 0.694 bits per heavy atom. The van der Waals surface area contributed by atoms with Crippen LogP contribution in [0.4, 0.5) is 0 Å². The molecule has 2 fully saturated rings. The van der Waals surface area contributed by atoms with Gasteiger partial charge in [0.2, 0.25) is 0 Å². The van der Waals surface area contributed by atoms with Gasteiger partial charge in [0.25, 0.3) is 0 Å². The first-order valence-corrected chi connectivity index (χ1v) is 12.2. The zero-order valence-corrected chi connectivity index (χ0v) is 20.0. The fourth-order valence-corrected chi connectivity index (χ4v) is 4.93. The molecule has 190 valence electrons. The number of hydrogen-bond acceptors (Lipinski definition) is 7. The third-order valence-corrected chi connectivity index (χ3v) is 6.70. The van der Waals surface area contributed by atoms with Crippen molar-refractivity contribution in [2.45, 2.75) is 56.1 Å². The van der Waals surface area contributed by atoms with Gasteiger partial charge in [0.1, 0.15) is 24.4 Å². The normalized spacial score (nSPS) is 29.3. The van der Waals surface area contributed by atoms with Gasteiger partial charge in [-0.1, -0.05) is 91.0 Å². The van der Waals surface area contributed by atoms with Gasteiger partial charge in [-0.3, -0.25) is 0 Å². The average molecular weight is 493 g/mol. The van der Waals surface area contributed by atoms with E-state index in [0.29, 0.717) is 6.61 Å². The molecular weight excluding hydrogens is 460 g/mol. The molecule has 2 aliphatic heterocycles. The molecule has 0 radical (unpaired) electrons. The second-order valence-corrected chi connectivity index (χ2v) is 9.20. The van der Waals surface area contributed by atoms with E-state index in [4.69, 9.17) is 23.7 Å². The molecule has 36 heavy (non-hydrogen) atoms. The highest BCUT2D eigenvalue weighted by Crippen LogP contribution is 2.45. The molecule has 3 aromatic rings. The molecule has 0 aliphatic carbocycles. The van der Waals surface area contributed by atoms with Crippen LogP contribution in [-0.2, 0) is 43.5 Å². The maximum atomic E-state index is 11.2. The van der Waals surface area contributed by atoms with Crippen molar-refractivity contribution < 1.29 is 33.9 Å². The van der Waals surface area contributed by atoms with Crippen LogP contribution in [0.2, 0.25) is 0 Å². The van der Waals surface area contributed by atoms with Crippen molar-refractivity contribution in [2.24, 2.45) is 0 Å². The van der Waals surface area contributed by atoms with Gasteiger partial charge in [0.05, 0.1) is 33.0 Å². The van der Waals surface area contributed by atoms with Gasteiger partial charge in [-0.05, 0) is 16.7 Å². The van der Waals surface area contributed by atoms with Crippen molar-refractivity contribution in [3.63, 3.8) is 0 Å². The Hall–Kier alpha value is -2.62. The molecule has 7 nitrogen and oxygen atoms in total. The topological polar surface area (TPSA) is 86.6 Å². The van der Waals surface area contributed by atoms with Gasteiger partial charge >= 0.3 is 0 Å². The maximum Gasteiger partial charge on any atom is 0.187 e. The van der Waals surface area contributed by atoms with E-state index in [1.165, 1.54) is 0 Å². The summed E-state index contributed by atoms with van der Waals surface area (Å²) in [6.45, 7) is 0.704. The Kier molecular flexibility index (Phi) is 8.09. The van der Waals surface area contributed by atoms with Crippen LogP contribution in [0.3, 0.4) is 0 Å². The molecule has 0 aromatic heterocycles. The van der Waals surface area contributed by atoms with E-state index < -0.39 is 36.3 Å². The first kappa shape index (κ1) is 25.0. The second kappa shape index (κ2) is 11.6. The van der Waals surface area contributed by atoms with Crippen LogP contribution in [0.1, 0.15) is 16.7 Å².